The standard InChI is InChI=1S/C15H21NO3S/c1-4-7-20-9-13(17)16-14(15(18)19)12-6-5-10(2)11(3)8-12/h5-6,8,14H,4,7,9H2,1-3H3,(H,16,17)(H,18,19). The molecule has 4 nitrogen and oxygen atoms in total. The molecule has 0 aliphatic rings. The Morgan fingerprint density at radius 2 is 2.00 bits per heavy atom. The molecular weight excluding hydrogens is 274 g/mol. The van der Waals surface area contributed by atoms with E-state index in [1.807, 2.05) is 32.9 Å². The van der Waals surface area contributed by atoms with Gasteiger partial charge in [-0.2, -0.15) is 11.8 Å². The third kappa shape index (κ3) is 4.89. The summed E-state index contributed by atoms with van der Waals surface area (Å²) in [7, 11) is 0. The lowest BCUT2D eigenvalue weighted by molar-refractivity contribution is -0.141. The zero-order valence-electron chi connectivity index (χ0n) is 12.1. The van der Waals surface area contributed by atoms with Crippen molar-refractivity contribution in [3.05, 3.63) is 34.9 Å². The number of hydrogen-bond donors (Lipinski definition) is 2. The van der Waals surface area contributed by atoms with E-state index in [-0.39, 0.29) is 5.91 Å². The van der Waals surface area contributed by atoms with Gasteiger partial charge in [-0.15, -0.1) is 0 Å². The van der Waals surface area contributed by atoms with Crippen molar-refractivity contribution in [2.75, 3.05) is 11.5 Å². The van der Waals surface area contributed by atoms with E-state index < -0.39 is 12.0 Å². The normalized spacial score (nSPS) is 11.9. The van der Waals surface area contributed by atoms with Crippen molar-refractivity contribution in [1.82, 2.24) is 5.32 Å². The highest BCUT2D eigenvalue weighted by Gasteiger charge is 2.22. The quantitative estimate of drug-likeness (QED) is 0.759. The molecule has 0 aromatic heterocycles. The van der Waals surface area contributed by atoms with E-state index in [9.17, 15) is 14.7 Å². The number of nitrogens with one attached hydrogen (secondary N) is 1. The van der Waals surface area contributed by atoms with E-state index in [0.29, 0.717) is 11.3 Å². The van der Waals surface area contributed by atoms with Gasteiger partial charge in [-0.25, -0.2) is 4.79 Å². The lowest BCUT2D eigenvalue weighted by Gasteiger charge is -2.16. The van der Waals surface area contributed by atoms with Gasteiger partial charge in [0.05, 0.1) is 5.75 Å². The summed E-state index contributed by atoms with van der Waals surface area (Å²) in [6.07, 6.45) is 0.997. The highest BCUT2D eigenvalue weighted by Crippen LogP contribution is 2.18. The number of carbonyl (C=O) groups excluding carboxylic acids is 1. The fraction of sp³-hybridized carbons (Fsp3) is 0.467. The van der Waals surface area contributed by atoms with Crippen molar-refractivity contribution in [2.24, 2.45) is 0 Å². The molecule has 0 saturated heterocycles. The maximum absolute atomic E-state index is 11.8. The first-order valence-corrected chi connectivity index (χ1v) is 7.78. The number of amides is 1. The average molecular weight is 295 g/mol. The van der Waals surface area contributed by atoms with Crippen molar-refractivity contribution in [3.63, 3.8) is 0 Å². The van der Waals surface area contributed by atoms with Gasteiger partial charge in [0.2, 0.25) is 5.91 Å². The monoisotopic (exact) mass is 295 g/mol. The number of aliphatic carboxylic acids is 1. The summed E-state index contributed by atoms with van der Waals surface area (Å²) in [5, 5.41) is 11.9. The molecule has 1 atom stereocenters. The van der Waals surface area contributed by atoms with Crippen LogP contribution in [0.1, 0.15) is 36.1 Å². The van der Waals surface area contributed by atoms with Crippen LogP contribution in [0.15, 0.2) is 18.2 Å². The van der Waals surface area contributed by atoms with Crippen LogP contribution >= 0.6 is 11.8 Å². The van der Waals surface area contributed by atoms with Crippen LogP contribution < -0.4 is 5.32 Å². The van der Waals surface area contributed by atoms with Crippen LogP contribution in [-0.4, -0.2) is 28.5 Å². The Morgan fingerprint density at radius 1 is 1.30 bits per heavy atom. The molecule has 1 rings (SSSR count). The van der Waals surface area contributed by atoms with Crippen LogP contribution in [-0.2, 0) is 9.59 Å². The minimum absolute atomic E-state index is 0.242. The second-order valence-electron chi connectivity index (χ2n) is 4.74. The summed E-state index contributed by atoms with van der Waals surface area (Å²) in [5.74, 6) is -0.0896. The maximum Gasteiger partial charge on any atom is 0.330 e. The Labute approximate surface area is 124 Å². The van der Waals surface area contributed by atoms with Gasteiger partial charge in [-0.3, -0.25) is 4.79 Å². The van der Waals surface area contributed by atoms with Gasteiger partial charge >= 0.3 is 5.97 Å². The highest BCUT2D eigenvalue weighted by atomic mass is 32.2. The van der Waals surface area contributed by atoms with Crippen molar-refractivity contribution < 1.29 is 14.7 Å². The van der Waals surface area contributed by atoms with Crippen LogP contribution in [0.5, 0.6) is 0 Å². The first-order chi connectivity index (χ1) is 9.45. The van der Waals surface area contributed by atoms with E-state index in [1.165, 1.54) is 11.8 Å². The summed E-state index contributed by atoms with van der Waals surface area (Å²) in [5.41, 5.74) is 2.72. The number of aryl methyl sites for hydroxylation is 2. The summed E-state index contributed by atoms with van der Waals surface area (Å²) in [6.45, 7) is 5.94. The Hall–Kier alpha value is -1.49. The topological polar surface area (TPSA) is 66.4 Å². The van der Waals surface area contributed by atoms with Crippen LogP contribution in [0.25, 0.3) is 0 Å². The summed E-state index contributed by atoms with van der Waals surface area (Å²) < 4.78 is 0. The molecule has 0 aliphatic heterocycles. The van der Waals surface area contributed by atoms with Gasteiger partial charge < -0.3 is 10.4 Å². The number of thioether (sulfide) groups is 1. The lowest BCUT2D eigenvalue weighted by atomic mass is 10.0. The van der Waals surface area contributed by atoms with Gasteiger partial charge in [-0.1, -0.05) is 25.1 Å². The first kappa shape index (κ1) is 16.6. The van der Waals surface area contributed by atoms with E-state index in [1.54, 1.807) is 6.07 Å². The maximum atomic E-state index is 11.8. The number of rotatable bonds is 7. The molecule has 1 aromatic rings. The predicted octanol–water partition coefficient (Wildman–Crippen LogP) is 2.69. The van der Waals surface area contributed by atoms with Crippen molar-refractivity contribution in [3.8, 4) is 0 Å². The van der Waals surface area contributed by atoms with E-state index >= 15 is 0 Å². The molecular formula is C15H21NO3S. The lowest BCUT2D eigenvalue weighted by Crippen LogP contribution is -2.35. The number of carboxylic acids is 1. The highest BCUT2D eigenvalue weighted by molar-refractivity contribution is 7.99. The Morgan fingerprint density at radius 3 is 2.55 bits per heavy atom. The number of carboxylic acid groups (broad SMARTS) is 1. The van der Waals surface area contributed by atoms with Gasteiger partial charge in [0.1, 0.15) is 0 Å². The van der Waals surface area contributed by atoms with Gasteiger partial charge in [0.15, 0.2) is 6.04 Å². The molecule has 0 spiro atoms. The van der Waals surface area contributed by atoms with E-state index in [2.05, 4.69) is 5.32 Å². The van der Waals surface area contributed by atoms with Crippen LogP contribution in [0.2, 0.25) is 0 Å². The molecule has 110 valence electrons. The summed E-state index contributed by atoms with van der Waals surface area (Å²) in [4.78, 5) is 23.1. The fourth-order valence-corrected chi connectivity index (χ4v) is 2.45. The smallest absolute Gasteiger partial charge is 0.330 e. The minimum Gasteiger partial charge on any atom is -0.479 e. The molecule has 0 bridgehead atoms. The Kier molecular flexibility index (Phi) is 6.58. The summed E-state index contributed by atoms with van der Waals surface area (Å²) in [6, 6.07) is 4.45. The molecule has 1 unspecified atom stereocenters. The zero-order valence-corrected chi connectivity index (χ0v) is 12.9. The van der Waals surface area contributed by atoms with Crippen molar-refractivity contribution in [2.45, 2.75) is 33.2 Å². The van der Waals surface area contributed by atoms with Crippen LogP contribution in [0.3, 0.4) is 0 Å². The van der Waals surface area contributed by atoms with Crippen molar-refractivity contribution >= 4 is 23.6 Å². The van der Waals surface area contributed by atoms with E-state index in [0.717, 1.165) is 23.3 Å². The van der Waals surface area contributed by atoms with Crippen LogP contribution in [0, 0.1) is 13.8 Å². The molecule has 0 aliphatic carbocycles. The molecule has 5 heteroatoms. The minimum atomic E-state index is -1.04. The molecule has 0 heterocycles. The molecule has 1 aromatic carbocycles. The third-order valence-electron chi connectivity index (χ3n) is 3.00. The van der Waals surface area contributed by atoms with Gasteiger partial charge in [-0.05, 0) is 42.7 Å². The SMILES string of the molecule is CCCSCC(=O)NC(C(=O)O)c1ccc(C)c(C)c1. The molecule has 20 heavy (non-hydrogen) atoms. The van der Waals surface area contributed by atoms with Crippen LogP contribution in [0.4, 0.5) is 0 Å². The molecule has 1 amide bonds. The van der Waals surface area contributed by atoms with Gasteiger partial charge in [0, 0.05) is 0 Å². The average Bonchev–Trinajstić information content (AvgIpc) is 2.39. The van der Waals surface area contributed by atoms with Gasteiger partial charge in [0.25, 0.3) is 0 Å². The first-order valence-electron chi connectivity index (χ1n) is 6.62. The zero-order chi connectivity index (χ0) is 15.1. The molecule has 0 fully saturated rings. The fourth-order valence-electron chi connectivity index (χ4n) is 1.74. The van der Waals surface area contributed by atoms with E-state index in [4.69, 9.17) is 0 Å². The second kappa shape index (κ2) is 7.94. The predicted molar refractivity (Wildman–Crippen MR) is 82.1 cm³/mol. The number of benzene rings is 1. The third-order valence-corrected chi connectivity index (χ3v) is 4.16. The largest absolute Gasteiger partial charge is 0.479 e. The Balaban J connectivity index is 2.76. The number of carbonyl (C=O) groups is 2. The van der Waals surface area contributed by atoms with Crippen molar-refractivity contribution in [1.29, 1.82) is 0 Å². The molecule has 0 radical (unpaired) electrons. The number of hydrogen-bond acceptors (Lipinski definition) is 3. The second-order valence-corrected chi connectivity index (χ2v) is 5.84. The molecule has 2 N–H and O–H groups in total. The molecule has 0 saturated carbocycles. The summed E-state index contributed by atoms with van der Waals surface area (Å²) >= 11 is 1.51. The Bertz CT molecular complexity index is 488.